The second-order valence-electron chi connectivity index (χ2n) is 3.90. The summed E-state index contributed by atoms with van der Waals surface area (Å²) in [5.41, 5.74) is 4.82. The first-order chi connectivity index (χ1) is 8.91. The first-order valence-electron chi connectivity index (χ1n) is 5.25. The highest BCUT2D eigenvalue weighted by atomic mass is 79.9. The Morgan fingerprint density at radius 2 is 1.47 bits per heavy atom. The van der Waals surface area contributed by atoms with Gasteiger partial charge in [0.2, 0.25) is 0 Å². The third kappa shape index (κ3) is 2.64. The lowest BCUT2D eigenvalue weighted by Crippen LogP contribution is -2.17. The minimum Gasteiger partial charge on any atom is -0.320 e. The average molecular weight is 334 g/mol. The van der Waals surface area contributed by atoms with Crippen molar-refractivity contribution in [2.24, 2.45) is 5.73 Å². The fraction of sp³-hybridized carbons (Fsp3) is 0.0769. The molecular weight excluding hydrogens is 326 g/mol. The van der Waals surface area contributed by atoms with Crippen molar-refractivity contribution in [1.29, 1.82) is 0 Å². The summed E-state index contributed by atoms with van der Waals surface area (Å²) in [6, 6.07) is 3.43. The predicted molar refractivity (Wildman–Crippen MR) is 66.4 cm³/mol. The van der Waals surface area contributed by atoms with Crippen molar-refractivity contribution < 1.29 is 17.6 Å². The molecule has 0 aliphatic heterocycles. The van der Waals surface area contributed by atoms with Crippen molar-refractivity contribution in [3.63, 3.8) is 0 Å². The summed E-state index contributed by atoms with van der Waals surface area (Å²) in [5, 5.41) is 0. The molecule has 1 nitrogen and oxygen atoms in total. The molecule has 2 N–H and O–H groups in total. The van der Waals surface area contributed by atoms with Crippen LogP contribution in [0, 0.1) is 23.3 Å². The fourth-order valence-corrected chi connectivity index (χ4v) is 2.06. The highest BCUT2D eigenvalue weighted by Gasteiger charge is 2.22. The lowest BCUT2D eigenvalue weighted by atomic mass is 9.98. The number of rotatable bonds is 2. The van der Waals surface area contributed by atoms with E-state index in [0.717, 1.165) is 24.3 Å². The van der Waals surface area contributed by atoms with Crippen LogP contribution in [0.1, 0.15) is 17.2 Å². The smallest absolute Gasteiger partial charge is 0.137 e. The molecule has 0 fully saturated rings. The molecule has 6 heteroatoms. The van der Waals surface area contributed by atoms with Crippen LogP contribution in [0.25, 0.3) is 0 Å². The van der Waals surface area contributed by atoms with Gasteiger partial charge in [-0.05, 0) is 40.2 Å². The SMILES string of the molecule is NC(c1cc(F)c(Br)cc1F)c1c(F)cccc1F. The molecule has 0 heterocycles. The van der Waals surface area contributed by atoms with E-state index in [4.69, 9.17) is 5.73 Å². The maximum absolute atomic E-state index is 13.7. The maximum Gasteiger partial charge on any atom is 0.137 e. The molecule has 2 aromatic carbocycles. The van der Waals surface area contributed by atoms with E-state index in [0.29, 0.717) is 0 Å². The van der Waals surface area contributed by atoms with Gasteiger partial charge in [0.05, 0.1) is 10.5 Å². The van der Waals surface area contributed by atoms with Crippen molar-refractivity contribution >= 4 is 15.9 Å². The summed E-state index contributed by atoms with van der Waals surface area (Å²) in [6.07, 6.45) is 0. The zero-order valence-corrected chi connectivity index (χ0v) is 11.0. The molecule has 2 rings (SSSR count). The summed E-state index contributed by atoms with van der Waals surface area (Å²) < 4.78 is 54.1. The van der Waals surface area contributed by atoms with Crippen LogP contribution in [-0.4, -0.2) is 0 Å². The minimum absolute atomic E-state index is 0.0880. The van der Waals surface area contributed by atoms with Crippen LogP contribution in [0.5, 0.6) is 0 Å². The van der Waals surface area contributed by atoms with E-state index in [-0.39, 0.29) is 10.0 Å². The van der Waals surface area contributed by atoms with E-state index in [1.54, 1.807) is 0 Å². The number of hydrogen-bond acceptors (Lipinski definition) is 1. The normalized spacial score (nSPS) is 12.5. The third-order valence-electron chi connectivity index (χ3n) is 2.69. The molecular formula is C13H8BrF4N. The first-order valence-corrected chi connectivity index (χ1v) is 6.05. The third-order valence-corrected chi connectivity index (χ3v) is 3.29. The van der Waals surface area contributed by atoms with Gasteiger partial charge in [0.1, 0.15) is 23.3 Å². The van der Waals surface area contributed by atoms with Crippen molar-refractivity contribution in [2.75, 3.05) is 0 Å². The molecule has 1 unspecified atom stereocenters. The van der Waals surface area contributed by atoms with E-state index in [1.807, 2.05) is 0 Å². The molecule has 1 atom stereocenters. The largest absolute Gasteiger partial charge is 0.320 e. The Hall–Kier alpha value is -1.40. The fourth-order valence-electron chi connectivity index (χ4n) is 1.74. The van der Waals surface area contributed by atoms with Gasteiger partial charge in [0, 0.05) is 11.1 Å². The van der Waals surface area contributed by atoms with Gasteiger partial charge >= 0.3 is 0 Å². The molecule has 0 aliphatic carbocycles. The van der Waals surface area contributed by atoms with Gasteiger partial charge in [-0.2, -0.15) is 0 Å². The number of halogens is 5. The Kier molecular flexibility index (Phi) is 3.91. The summed E-state index contributed by atoms with van der Waals surface area (Å²) >= 11 is 2.81. The lowest BCUT2D eigenvalue weighted by molar-refractivity contribution is 0.527. The standard InChI is InChI=1S/C13H8BrF4N/c14-7-5-10(17)6(4-11(7)18)13(19)12-8(15)2-1-3-9(12)16/h1-5,13H,19H2. The number of benzene rings is 2. The monoisotopic (exact) mass is 333 g/mol. The summed E-state index contributed by atoms with van der Waals surface area (Å²) in [6.45, 7) is 0. The molecule has 0 saturated heterocycles. The van der Waals surface area contributed by atoms with E-state index < -0.39 is 34.9 Å². The molecule has 0 saturated carbocycles. The van der Waals surface area contributed by atoms with Crippen LogP contribution >= 0.6 is 15.9 Å². The van der Waals surface area contributed by atoms with Gasteiger partial charge in [-0.3, -0.25) is 0 Å². The molecule has 0 amide bonds. The van der Waals surface area contributed by atoms with Crippen molar-refractivity contribution in [1.82, 2.24) is 0 Å². The molecule has 0 radical (unpaired) electrons. The van der Waals surface area contributed by atoms with E-state index in [9.17, 15) is 17.6 Å². The van der Waals surface area contributed by atoms with E-state index >= 15 is 0 Å². The van der Waals surface area contributed by atoms with Gasteiger partial charge in [-0.15, -0.1) is 0 Å². The van der Waals surface area contributed by atoms with E-state index in [1.165, 1.54) is 6.07 Å². The zero-order valence-electron chi connectivity index (χ0n) is 9.43. The van der Waals surface area contributed by atoms with E-state index in [2.05, 4.69) is 15.9 Å². The van der Waals surface area contributed by atoms with Crippen molar-refractivity contribution in [3.05, 3.63) is 69.2 Å². The highest BCUT2D eigenvalue weighted by Crippen LogP contribution is 2.29. The second-order valence-corrected chi connectivity index (χ2v) is 4.76. The molecule has 19 heavy (non-hydrogen) atoms. The Labute approximate surface area is 115 Å². The Morgan fingerprint density at radius 1 is 0.895 bits per heavy atom. The quantitative estimate of drug-likeness (QED) is 0.651. The Bertz CT molecular complexity index is 610. The lowest BCUT2D eigenvalue weighted by Gasteiger charge is -2.15. The van der Waals surface area contributed by atoms with Crippen LogP contribution in [-0.2, 0) is 0 Å². The molecule has 0 aromatic heterocycles. The topological polar surface area (TPSA) is 26.0 Å². The molecule has 2 aromatic rings. The van der Waals surface area contributed by atoms with Gasteiger partial charge < -0.3 is 5.73 Å². The van der Waals surface area contributed by atoms with Crippen LogP contribution in [0.3, 0.4) is 0 Å². The molecule has 100 valence electrons. The molecule has 0 spiro atoms. The van der Waals surface area contributed by atoms with Crippen LogP contribution in [0.4, 0.5) is 17.6 Å². The van der Waals surface area contributed by atoms with Gasteiger partial charge in [-0.25, -0.2) is 17.6 Å². The molecule has 0 bridgehead atoms. The van der Waals surface area contributed by atoms with Gasteiger partial charge in [-0.1, -0.05) is 6.07 Å². The van der Waals surface area contributed by atoms with Crippen LogP contribution < -0.4 is 5.73 Å². The maximum atomic E-state index is 13.7. The Balaban J connectivity index is 2.56. The van der Waals surface area contributed by atoms with Crippen LogP contribution in [0.15, 0.2) is 34.8 Å². The number of nitrogens with two attached hydrogens (primary N) is 1. The summed E-state index contributed by atoms with van der Waals surface area (Å²) in [5.74, 6) is -3.42. The number of hydrogen-bond donors (Lipinski definition) is 1. The van der Waals surface area contributed by atoms with Crippen molar-refractivity contribution in [2.45, 2.75) is 6.04 Å². The van der Waals surface area contributed by atoms with Gasteiger partial charge in [0.25, 0.3) is 0 Å². The Morgan fingerprint density at radius 3 is 2.05 bits per heavy atom. The zero-order chi connectivity index (χ0) is 14.2. The van der Waals surface area contributed by atoms with Crippen molar-refractivity contribution in [3.8, 4) is 0 Å². The summed E-state index contributed by atoms with van der Waals surface area (Å²) in [4.78, 5) is 0. The first kappa shape index (κ1) is 14.0. The predicted octanol–water partition coefficient (Wildman–Crippen LogP) is 4.05. The average Bonchev–Trinajstić information content (AvgIpc) is 2.33. The molecule has 0 aliphatic rings. The minimum atomic E-state index is -1.43. The highest BCUT2D eigenvalue weighted by molar-refractivity contribution is 9.10. The van der Waals surface area contributed by atoms with Crippen LogP contribution in [0.2, 0.25) is 0 Å². The second kappa shape index (κ2) is 5.30. The van der Waals surface area contributed by atoms with Gasteiger partial charge in [0.15, 0.2) is 0 Å². The summed E-state index contributed by atoms with van der Waals surface area (Å²) in [7, 11) is 0.